The van der Waals surface area contributed by atoms with E-state index >= 15 is 0 Å². The maximum atomic E-state index is 6.03. The van der Waals surface area contributed by atoms with Gasteiger partial charge in [0.1, 0.15) is 11.5 Å². The van der Waals surface area contributed by atoms with Crippen molar-refractivity contribution in [3.05, 3.63) is 23.7 Å². The Hall–Kier alpha value is -0.920. The van der Waals surface area contributed by atoms with Crippen LogP contribution in [-0.2, 0) is 9.47 Å². The summed E-state index contributed by atoms with van der Waals surface area (Å²) in [4.78, 5) is 0. The van der Waals surface area contributed by atoms with E-state index in [-0.39, 0.29) is 16.2 Å². The summed E-state index contributed by atoms with van der Waals surface area (Å²) in [5.74, 6) is 3.10. The summed E-state index contributed by atoms with van der Waals surface area (Å²) in [6, 6.07) is 0. The predicted molar refractivity (Wildman–Crippen MR) is 87.7 cm³/mol. The topological polar surface area (TPSA) is 18.5 Å². The van der Waals surface area contributed by atoms with E-state index in [1.807, 2.05) is 0 Å². The molecule has 0 aromatic carbocycles. The van der Waals surface area contributed by atoms with E-state index in [0.717, 1.165) is 24.7 Å². The van der Waals surface area contributed by atoms with Gasteiger partial charge in [-0.25, -0.2) is 0 Å². The van der Waals surface area contributed by atoms with Crippen LogP contribution in [0.25, 0.3) is 0 Å². The molecule has 0 spiro atoms. The standard InChI is InChI=1S/C19H32O2/c1-17(2,3)13-9-15(20-11-13)19(7,8)16-10-14(12-21-16)18(4,5)6/h9-10,13-14H,11-12H2,1-8H3/t13-,14-/m1/s1. The number of hydrogen-bond donors (Lipinski definition) is 0. The average molecular weight is 292 g/mol. The molecule has 2 heteroatoms. The van der Waals surface area contributed by atoms with Gasteiger partial charge in [-0.15, -0.1) is 0 Å². The first-order valence-electron chi connectivity index (χ1n) is 8.12. The van der Waals surface area contributed by atoms with Crippen LogP contribution in [0.3, 0.4) is 0 Å². The highest BCUT2D eigenvalue weighted by Gasteiger charge is 2.41. The summed E-state index contributed by atoms with van der Waals surface area (Å²) in [5, 5.41) is 0. The highest BCUT2D eigenvalue weighted by atomic mass is 16.5. The van der Waals surface area contributed by atoms with Crippen LogP contribution in [0, 0.1) is 28.1 Å². The molecule has 2 atom stereocenters. The fourth-order valence-corrected chi connectivity index (χ4v) is 2.82. The first-order valence-corrected chi connectivity index (χ1v) is 8.12. The Kier molecular flexibility index (Phi) is 3.97. The monoisotopic (exact) mass is 292 g/mol. The van der Waals surface area contributed by atoms with Crippen LogP contribution in [0.15, 0.2) is 23.7 Å². The Morgan fingerprint density at radius 2 is 1.05 bits per heavy atom. The number of hydrogen-bond acceptors (Lipinski definition) is 2. The fraction of sp³-hybridized carbons (Fsp3) is 0.789. The van der Waals surface area contributed by atoms with Crippen LogP contribution in [-0.4, -0.2) is 13.2 Å². The minimum Gasteiger partial charge on any atom is -0.497 e. The lowest BCUT2D eigenvalue weighted by molar-refractivity contribution is 0.0961. The van der Waals surface area contributed by atoms with Crippen LogP contribution >= 0.6 is 0 Å². The minimum atomic E-state index is -0.167. The Morgan fingerprint density at radius 1 is 0.714 bits per heavy atom. The molecule has 120 valence electrons. The van der Waals surface area contributed by atoms with Crippen molar-refractivity contribution in [1.29, 1.82) is 0 Å². The molecule has 0 unspecified atom stereocenters. The Morgan fingerprint density at radius 3 is 1.29 bits per heavy atom. The minimum absolute atomic E-state index is 0.167. The van der Waals surface area contributed by atoms with Crippen molar-refractivity contribution >= 4 is 0 Å². The van der Waals surface area contributed by atoms with Gasteiger partial charge in [0.25, 0.3) is 0 Å². The van der Waals surface area contributed by atoms with Crippen molar-refractivity contribution in [2.75, 3.05) is 13.2 Å². The van der Waals surface area contributed by atoms with Gasteiger partial charge in [0.05, 0.1) is 18.6 Å². The molecule has 0 saturated carbocycles. The molecule has 2 aliphatic rings. The second-order valence-electron chi connectivity index (χ2n) is 9.25. The number of rotatable bonds is 2. The zero-order valence-corrected chi connectivity index (χ0v) is 15.0. The lowest BCUT2D eigenvalue weighted by Crippen LogP contribution is -2.19. The lowest BCUT2D eigenvalue weighted by atomic mass is 9.78. The molecule has 0 aromatic rings. The first kappa shape index (κ1) is 16.5. The van der Waals surface area contributed by atoms with Gasteiger partial charge < -0.3 is 9.47 Å². The van der Waals surface area contributed by atoms with Gasteiger partial charge in [-0.2, -0.15) is 0 Å². The van der Waals surface area contributed by atoms with E-state index in [1.165, 1.54) is 0 Å². The van der Waals surface area contributed by atoms with Gasteiger partial charge in [0, 0.05) is 11.8 Å². The molecule has 0 aliphatic carbocycles. The summed E-state index contributed by atoms with van der Waals surface area (Å²) in [6.45, 7) is 19.6. The van der Waals surface area contributed by atoms with Crippen molar-refractivity contribution in [3.63, 3.8) is 0 Å². The summed E-state index contributed by atoms with van der Waals surface area (Å²) in [6.07, 6.45) is 4.63. The van der Waals surface area contributed by atoms with Crippen molar-refractivity contribution < 1.29 is 9.47 Å². The Bertz CT molecular complexity index is 413. The zero-order chi connectivity index (χ0) is 16.1. The second-order valence-corrected chi connectivity index (χ2v) is 9.25. The average Bonchev–Trinajstić information content (AvgIpc) is 2.97. The molecule has 0 fully saturated rings. The molecule has 2 aliphatic heterocycles. The Balaban J connectivity index is 2.20. The molecule has 0 bridgehead atoms. The van der Waals surface area contributed by atoms with Crippen LogP contribution in [0.4, 0.5) is 0 Å². The molecular weight excluding hydrogens is 260 g/mol. The van der Waals surface area contributed by atoms with Crippen molar-refractivity contribution in [3.8, 4) is 0 Å². The first-order chi connectivity index (χ1) is 9.42. The third kappa shape index (κ3) is 3.30. The van der Waals surface area contributed by atoms with E-state index in [2.05, 4.69) is 67.5 Å². The van der Waals surface area contributed by atoms with Gasteiger partial charge in [-0.3, -0.25) is 0 Å². The highest BCUT2D eigenvalue weighted by molar-refractivity contribution is 5.26. The van der Waals surface area contributed by atoms with E-state index in [9.17, 15) is 0 Å². The maximum absolute atomic E-state index is 6.03. The second kappa shape index (κ2) is 5.07. The SMILES string of the molecule is CC(C)(C1=C[C@@H](C(C)(C)C)CO1)C1=C[C@@H](C(C)(C)C)CO1. The summed E-state index contributed by atoms with van der Waals surface area (Å²) < 4.78 is 12.1. The molecule has 2 rings (SSSR count). The smallest absolute Gasteiger partial charge is 0.106 e. The maximum Gasteiger partial charge on any atom is 0.106 e. The third-order valence-corrected chi connectivity index (χ3v) is 5.00. The van der Waals surface area contributed by atoms with Crippen LogP contribution < -0.4 is 0 Å². The normalized spacial score (nSPS) is 27.0. The van der Waals surface area contributed by atoms with Crippen LogP contribution in [0.5, 0.6) is 0 Å². The van der Waals surface area contributed by atoms with E-state index in [0.29, 0.717) is 11.8 Å². The van der Waals surface area contributed by atoms with Gasteiger partial charge in [0.15, 0.2) is 0 Å². The molecule has 0 N–H and O–H groups in total. The van der Waals surface area contributed by atoms with E-state index < -0.39 is 0 Å². The molecule has 2 heterocycles. The summed E-state index contributed by atoms with van der Waals surface area (Å²) in [7, 11) is 0. The highest BCUT2D eigenvalue weighted by Crippen LogP contribution is 2.46. The van der Waals surface area contributed by atoms with Gasteiger partial charge >= 0.3 is 0 Å². The van der Waals surface area contributed by atoms with Crippen molar-refractivity contribution in [2.45, 2.75) is 55.4 Å². The van der Waals surface area contributed by atoms with E-state index in [4.69, 9.17) is 9.47 Å². The van der Waals surface area contributed by atoms with E-state index in [1.54, 1.807) is 0 Å². The van der Waals surface area contributed by atoms with Crippen molar-refractivity contribution in [1.82, 2.24) is 0 Å². The molecule has 0 saturated heterocycles. The predicted octanol–water partition coefficient (Wildman–Crippen LogP) is 5.17. The lowest BCUT2D eigenvalue weighted by Gasteiger charge is -2.26. The molecular formula is C19H32O2. The third-order valence-electron chi connectivity index (χ3n) is 5.00. The summed E-state index contributed by atoms with van der Waals surface area (Å²) >= 11 is 0. The van der Waals surface area contributed by atoms with Crippen LogP contribution in [0.1, 0.15) is 55.4 Å². The molecule has 2 nitrogen and oxygen atoms in total. The van der Waals surface area contributed by atoms with Gasteiger partial charge in [0.2, 0.25) is 0 Å². The molecule has 21 heavy (non-hydrogen) atoms. The fourth-order valence-electron chi connectivity index (χ4n) is 2.82. The zero-order valence-electron chi connectivity index (χ0n) is 15.0. The van der Waals surface area contributed by atoms with Crippen molar-refractivity contribution in [2.24, 2.45) is 28.1 Å². The number of ether oxygens (including phenoxy) is 2. The molecule has 0 amide bonds. The Labute approximate surface area is 130 Å². The largest absolute Gasteiger partial charge is 0.497 e. The molecule has 0 radical (unpaired) electrons. The summed E-state index contributed by atoms with van der Waals surface area (Å²) in [5.41, 5.74) is 0.327. The molecule has 0 aromatic heterocycles. The van der Waals surface area contributed by atoms with Gasteiger partial charge in [-0.05, 0) is 36.8 Å². The van der Waals surface area contributed by atoms with Crippen LogP contribution in [0.2, 0.25) is 0 Å². The van der Waals surface area contributed by atoms with Gasteiger partial charge in [-0.1, -0.05) is 41.5 Å². The quantitative estimate of drug-likeness (QED) is 0.699.